The molecule has 0 aromatic carbocycles. The van der Waals surface area contributed by atoms with E-state index in [1.807, 2.05) is 6.92 Å². The summed E-state index contributed by atoms with van der Waals surface area (Å²) in [5.74, 6) is 0.870. The Morgan fingerprint density at radius 2 is 1.95 bits per heavy atom. The zero-order valence-corrected chi connectivity index (χ0v) is 13.2. The highest BCUT2D eigenvalue weighted by molar-refractivity contribution is 6.33. The molecule has 1 saturated carbocycles. The lowest BCUT2D eigenvalue weighted by molar-refractivity contribution is 0.0915. The summed E-state index contributed by atoms with van der Waals surface area (Å²) in [6, 6.07) is 0.325. The summed E-state index contributed by atoms with van der Waals surface area (Å²) in [6.07, 6.45) is 6.07. The molecule has 112 valence electrons. The highest BCUT2D eigenvalue weighted by Crippen LogP contribution is 2.36. The summed E-state index contributed by atoms with van der Waals surface area (Å²) < 4.78 is 13.9. The largest absolute Gasteiger partial charge is 0.366 e. The fourth-order valence-corrected chi connectivity index (χ4v) is 3.16. The predicted octanol–water partition coefficient (Wildman–Crippen LogP) is 4.41. The Kier molecular flexibility index (Phi) is 4.84. The molecule has 1 aliphatic rings. The Labute approximate surface area is 125 Å². The molecule has 1 N–H and O–H groups in total. The molecule has 2 rings (SSSR count). The molecule has 0 radical (unpaired) electrons. The van der Waals surface area contributed by atoms with Crippen molar-refractivity contribution in [2.45, 2.75) is 64.6 Å². The van der Waals surface area contributed by atoms with Gasteiger partial charge in [-0.3, -0.25) is 0 Å². The zero-order valence-electron chi connectivity index (χ0n) is 12.4. The molecule has 0 amide bonds. The van der Waals surface area contributed by atoms with E-state index < -0.39 is 5.67 Å². The van der Waals surface area contributed by atoms with Crippen molar-refractivity contribution in [2.24, 2.45) is 5.92 Å². The van der Waals surface area contributed by atoms with Crippen molar-refractivity contribution in [1.29, 1.82) is 0 Å². The molecule has 1 aromatic heterocycles. The fraction of sp³-hybridized carbons (Fsp3) is 0.733. The number of nitrogens with one attached hydrogen (secondary N) is 1. The summed E-state index contributed by atoms with van der Waals surface area (Å²) in [5, 5.41) is 4.00. The van der Waals surface area contributed by atoms with E-state index in [0.717, 1.165) is 37.8 Å². The van der Waals surface area contributed by atoms with E-state index in [9.17, 15) is 4.39 Å². The van der Waals surface area contributed by atoms with Crippen LogP contribution in [0.3, 0.4) is 0 Å². The van der Waals surface area contributed by atoms with Gasteiger partial charge in [0.1, 0.15) is 22.8 Å². The lowest BCUT2D eigenvalue weighted by atomic mass is 9.78. The monoisotopic (exact) mass is 299 g/mol. The van der Waals surface area contributed by atoms with Crippen molar-refractivity contribution in [3.63, 3.8) is 0 Å². The molecule has 20 heavy (non-hydrogen) atoms. The van der Waals surface area contributed by atoms with Crippen LogP contribution in [0.2, 0.25) is 5.02 Å². The normalized spacial score (nSPS) is 23.6. The molecule has 0 spiro atoms. The average Bonchev–Trinajstić information content (AvgIpc) is 2.41. The summed E-state index contributed by atoms with van der Waals surface area (Å²) in [6.45, 7) is 5.38. The molecule has 0 atom stereocenters. The summed E-state index contributed by atoms with van der Waals surface area (Å²) in [5.41, 5.74) is -0.213. The second-order valence-electron chi connectivity index (χ2n) is 6.09. The SMILES string of the molecule is CCc1ncnc(NC2CCC(C(C)(C)F)CC2)c1Cl. The van der Waals surface area contributed by atoms with Crippen molar-refractivity contribution in [3.05, 3.63) is 17.0 Å². The quantitative estimate of drug-likeness (QED) is 0.895. The molecule has 0 saturated heterocycles. The van der Waals surface area contributed by atoms with Crippen LogP contribution < -0.4 is 5.32 Å². The number of nitrogens with zero attached hydrogens (tertiary/aromatic N) is 2. The van der Waals surface area contributed by atoms with E-state index in [1.165, 1.54) is 0 Å². The van der Waals surface area contributed by atoms with Crippen LogP contribution in [0.15, 0.2) is 6.33 Å². The van der Waals surface area contributed by atoms with E-state index >= 15 is 0 Å². The second-order valence-corrected chi connectivity index (χ2v) is 6.47. The van der Waals surface area contributed by atoms with Crippen LogP contribution in [0.1, 0.15) is 52.1 Å². The lowest BCUT2D eigenvalue weighted by Gasteiger charge is -2.34. The Hall–Kier alpha value is -0.900. The van der Waals surface area contributed by atoms with Gasteiger partial charge in [-0.25, -0.2) is 14.4 Å². The van der Waals surface area contributed by atoms with Gasteiger partial charge in [-0.15, -0.1) is 0 Å². The molecule has 3 nitrogen and oxygen atoms in total. The van der Waals surface area contributed by atoms with E-state index in [2.05, 4.69) is 15.3 Å². The van der Waals surface area contributed by atoms with Crippen molar-refractivity contribution < 1.29 is 4.39 Å². The Morgan fingerprint density at radius 1 is 1.30 bits per heavy atom. The highest BCUT2D eigenvalue weighted by atomic mass is 35.5. The molecule has 5 heteroatoms. The van der Waals surface area contributed by atoms with Gasteiger partial charge in [-0.1, -0.05) is 18.5 Å². The minimum absolute atomic E-state index is 0.160. The predicted molar refractivity (Wildman–Crippen MR) is 81.0 cm³/mol. The fourth-order valence-electron chi connectivity index (χ4n) is 2.87. The number of aromatic nitrogens is 2. The minimum Gasteiger partial charge on any atom is -0.366 e. The summed E-state index contributed by atoms with van der Waals surface area (Å²) >= 11 is 6.28. The second kappa shape index (κ2) is 6.25. The van der Waals surface area contributed by atoms with Crippen molar-refractivity contribution >= 4 is 17.4 Å². The van der Waals surface area contributed by atoms with Crippen LogP contribution in [0, 0.1) is 5.92 Å². The van der Waals surface area contributed by atoms with Crippen molar-refractivity contribution in [3.8, 4) is 0 Å². The van der Waals surface area contributed by atoms with Crippen LogP contribution in [0.25, 0.3) is 0 Å². The first-order valence-corrected chi connectivity index (χ1v) is 7.74. The van der Waals surface area contributed by atoms with E-state index in [-0.39, 0.29) is 5.92 Å². The van der Waals surface area contributed by atoms with Gasteiger partial charge in [-0.05, 0) is 51.9 Å². The van der Waals surface area contributed by atoms with Crippen LogP contribution >= 0.6 is 11.6 Å². The summed E-state index contributed by atoms with van der Waals surface area (Å²) in [4.78, 5) is 8.38. The molecular formula is C15H23ClFN3. The number of halogens is 2. The Morgan fingerprint density at radius 3 is 2.50 bits per heavy atom. The molecule has 0 aliphatic heterocycles. The van der Waals surface area contributed by atoms with Gasteiger partial charge in [0, 0.05) is 6.04 Å². The molecule has 1 heterocycles. The maximum absolute atomic E-state index is 13.9. The lowest BCUT2D eigenvalue weighted by Crippen LogP contribution is -2.34. The average molecular weight is 300 g/mol. The van der Waals surface area contributed by atoms with Gasteiger partial charge < -0.3 is 5.32 Å². The minimum atomic E-state index is -1.08. The van der Waals surface area contributed by atoms with Crippen LogP contribution in [0.5, 0.6) is 0 Å². The van der Waals surface area contributed by atoms with Crippen molar-refractivity contribution in [1.82, 2.24) is 9.97 Å². The third kappa shape index (κ3) is 3.60. The third-order valence-corrected chi connectivity index (χ3v) is 4.63. The maximum atomic E-state index is 13.9. The molecule has 1 aromatic rings. The zero-order chi connectivity index (χ0) is 14.8. The van der Waals surface area contributed by atoms with Gasteiger partial charge in [0.25, 0.3) is 0 Å². The van der Waals surface area contributed by atoms with Gasteiger partial charge in [-0.2, -0.15) is 0 Å². The molecule has 1 fully saturated rings. The van der Waals surface area contributed by atoms with E-state index in [0.29, 0.717) is 16.9 Å². The first-order valence-electron chi connectivity index (χ1n) is 7.36. The number of anilines is 1. The number of aryl methyl sites for hydroxylation is 1. The third-order valence-electron chi connectivity index (χ3n) is 4.24. The first kappa shape index (κ1) is 15.5. The number of hydrogen-bond donors (Lipinski definition) is 1. The number of rotatable bonds is 4. The molecule has 0 bridgehead atoms. The Balaban J connectivity index is 1.96. The van der Waals surface area contributed by atoms with Crippen molar-refractivity contribution in [2.75, 3.05) is 5.32 Å². The summed E-state index contributed by atoms with van der Waals surface area (Å²) in [7, 11) is 0. The van der Waals surface area contributed by atoms with E-state index in [1.54, 1.807) is 20.2 Å². The van der Waals surface area contributed by atoms with Crippen LogP contribution in [0.4, 0.5) is 10.2 Å². The van der Waals surface area contributed by atoms with Gasteiger partial charge in [0.05, 0.1) is 5.69 Å². The first-order chi connectivity index (χ1) is 9.41. The van der Waals surface area contributed by atoms with Gasteiger partial charge in [0.15, 0.2) is 0 Å². The molecular weight excluding hydrogens is 277 g/mol. The standard InChI is InChI=1S/C15H23ClFN3/c1-4-12-13(16)14(19-9-18-12)20-11-7-5-10(6-8-11)15(2,3)17/h9-11H,4-8H2,1-3H3,(H,18,19,20). The van der Waals surface area contributed by atoms with Crippen LogP contribution in [-0.4, -0.2) is 21.7 Å². The number of hydrogen-bond acceptors (Lipinski definition) is 3. The van der Waals surface area contributed by atoms with Gasteiger partial charge in [0.2, 0.25) is 0 Å². The van der Waals surface area contributed by atoms with E-state index in [4.69, 9.17) is 11.6 Å². The Bertz CT molecular complexity index is 451. The topological polar surface area (TPSA) is 37.8 Å². The van der Waals surface area contributed by atoms with Crippen LogP contribution in [-0.2, 0) is 6.42 Å². The molecule has 1 aliphatic carbocycles. The molecule has 0 unspecified atom stereocenters. The number of alkyl halides is 1. The van der Waals surface area contributed by atoms with Gasteiger partial charge >= 0.3 is 0 Å². The smallest absolute Gasteiger partial charge is 0.148 e. The highest BCUT2D eigenvalue weighted by Gasteiger charge is 2.33. The maximum Gasteiger partial charge on any atom is 0.148 e.